The van der Waals surface area contributed by atoms with Gasteiger partial charge in [0.15, 0.2) is 9.84 Å². The Morgan fingerprint density at radius 2 is 1.49 bits per heavy atom. The van der Waals surface area contributed by atoms with Crippen LogP contribution in [0.1, 0.15) is 37.0 Å². The molecule has 0 aliphatic carbocycles. The van der Waals surface area contributed by atoms with Gasteiger partial charge in [-0.15, -0.1) is 0 Å². The molecule has 4 atom stereocenters. The predicted molar refractivity (Wildman–Crippen MR) is 172 cm³/mol. The van der Waals surface area contributed by atoms with Crippen LogP contribution >= 0.6 is 0 Å². The van der Waals surface area contributed by atoms with Crippen molar-refractivity contribution in [2.45, 2.75) is 63.8 Å². The van der Waals surface area contributed by atoms with Crippen molar-refractivity contribution in [3.05, 3.63) is 93.2 Å². The number of nitrogens with zero attached hydrogens (tertiary/aromatic N) is 3. The Morgan fingerprint density at radius 1 is 0.911 bits per heavy atom. The summed E-state index contributed by atoms with van der Waals surface area (Å²) in [5.74, 6) is -1.89. The summed E-state index contributed by atoms with van der Waals surface area (Å²) < 4.78 is 28.9. The molecule has 0 saturated carbocycles. The van der Waals surface area contributed by atoms with Crippen LogP contribution < -0.4 is 21.7 Å². The van der Waals surface area contributed by atoms with Crippen LogP contribution in [0.3, 0.4) is 0 Å². The van der Waals surface area contributed by atoms with Crippen molar-refractivity contribution in [1.29, 1.82) is 0 Å². The zero-order chi connectivity index (χ0) is 33.4. The Kier molecular flexibility index (Phi) is 15.2. The minimum absolute atomic E-state index is 0.0148. The molecule has 0 spiro atoms. The average molecular weight is 642 g/mol. The fourth-order valence-electron chi connectivity index (χ4n) is 4.43. The van der Waals surface area contributed by atoms with E-state index in [9.17, 15) is 22.8 Å². The summed E-state index contributed by atoms with van der Waals surface area (Å²) in [6.45, 7) is 3.92. The third-order valence-electron chi connectivity index (χ3n) is 6.67. The van der Waals surface area contributed by atoms with E-state index in [0.29, 0.717) is 6.54 Å². The van der Waals surface area contributed by atoms with Crippen LogP contribution in [-0.2, 0) is 48.3 Å². The molecule has 5 N–H and O–H groups in total. The standard InChI is InChI=1S/C31H43N7O6S/c1-21(2)16-26(35-30(40)27(37-38-33)18-22-8-6-5-7-9-22)29(39)36-28(20-44-3)31(41)34-25(14-15-45(4,42)43)17-23-10-12-24(19-32)13-11-23/h5-15,21,25-28H,16-20,32H2,1-4H3,(H,34,41)(H,35,40)(H,36,39)/b15-14+/t25-,26+,27?,28+/m1/s1. The number of ether oxygens (including phenoxy) is 1. The van der Waals surface area contributed by atoms with Crippen molar-refractivity contribution < 1.29 is 27.5 Å². The van der Waals surface area contributed by atoms with E-state index in [-0.39, 0.29) is 31.8 Å². The van der Waals surface area contributed by atoms with Crippen LogP contribution in [0.5, 0.6) is 0 Å². The normalized spacial score (nSPS) is 14.2. The van der Waals surface area contributed by atoms with Crippen LogP contribution in [0.25, 0.3) is 10.4 Å². The third kappa shape index (κ3) is 14.0. The predicted octanol–water partition coefficient (Wildman–Crippen LogP) is 2.31. The Balaban J connectivity index is 2.23. The molecule has 2 rings (SSSR count). The smallest absolute Gasteiger partial charge is 0.245 e. The molecule has 0 aliphatic heterocycles. The minimum Gasteiger partial charge on any atom is -0.382 e. The minimum atomic E-state index is -3.49. The highest BCUT2D eigenvalue weighted by molar-refractivity contribution is 7.93. The van der Waals surface area contributed by atoms with Crippen molar-refractivity contribution in [3.8, 4) is 0 Å². The topological polar surface area (TPSA) is 205 Å². The lowest BCUT2D eigenvalue weighted by Gasteiger charge is -2.26. The van der Waals surface area contributed by atoms with Crippen molar-refractivity contribution >= 4 is 27.6 Å². The SMILES string of the molecule is COC[C@H](NC(=O)[C@H](CC(C)C)NC(=O)C(Cc1ccccc1)N=[N+]=[N-])C(=O)N[C@H](/C=C/S(C)(=O)=O)Cc1ccc(CN)cc1. The monoisotopic (exact) mass is 641 g/mol. The molecular weight excluding hydrogens is 598 g/mol. The summed E-state index contributed by atoms with van der Waals surface area (Å²) in [6, 6.07) is 12.3. The van der Waals surface area contributed by atoms with E-state index in [0.717, 1.165) is 28.4 Å². The maximum atomic E-state index is 13.5. The second kappa shape index (κ2) is 18.5. The van der Waals surface area contributed by atoms with Crippen LogP contribution in [-0.4, -0.2) is 70.3 Å². The maximum absolute atomic E-state index is 13.5. The number of carbonyl (C=O) groups excluding carboxylic acids is 3. The van der Waals surface area contributed by atoms with Crippen LogP contribution in [0.4, 0.5) is 0 Å². The highest BCUT2D eigenvalue weighted by Crippen LogP contribution is 2.11. The number of azide groups is 1. The number of hydrogen-bond acceptors (Lipinski definition) is 8. The molecule has 0 saturated heterocycles. The lowest BCUT2D eigenvalue weighted by atomic mass is 10.0. The van der Waals surface area contributed by atoms with Crippen LogP contribution in [0, 0.1) is 5.92 Å². The summed E-state index contributed by atoms with van der Waals surface area (Å²) >= 11 is 0. The number of methoxy groups -OCH3 is 1. The first-order chi connectivity index (χ1) is 21.3. The molecule has 0 aliphatic rings. The van der Waals surface area contributed by atoms with E-state index in [2.05, 4.69) is 26.0 Å². The van der Waals surface area contributed by atoms with Gasteiger partial charge in [-0.05, 0) is 47.4 Å². The summed E-state index contributed by atoms with van der Waals surface area (Å²) in [5.41, 5.74) is 17.3. The fourth-order valence-corrected chi connectivity index (χ4v) is 4.91. The van der Waals surface area contributed by atoms with Gasteiger partial charge < -0.3 is 26.4 Å². The number of nitrogens with two attached hydrogens (primary N) is 1. The molecule has 14 heteroatoms. The van der Waals surface area contributed by atoms with Gasteiger partial charge in [-0.3, -0.25) is 14.4 Å². The molecule has 0 aromatic heterocycles. The number of hydrogen-bond donors (Lipinski definition) is 4. The van der Waals surface area contributed by atoms with Gasteiger partial charge in [-0.1, -0.05) is 79.6 Å². The maximum Gasteiger partial charge on any atom is 0.245 e. The zero-order valence-electron chi connectivity index (χ0n) is 26.0. The lowest BCUT2D eigenvalue weighted by molar-refractivity contribution is -0.133. The first kappa shape index (κ1) is 37.0. The van der Waals surface area contributed by atoms with Gasteiger partial charge in [0.1, 0.15) is 18.1 Å². The van der Waals surface area contributed by atoms with Gasteiger partial charge in [0.2, 0.25) is 17.7 Å². The molecule has 0 bridgehead atoms. The quantitative estimate of drug-likeness (QED) is 0.108. The average Bonchev–Trinajstić information content (AvgIpc) is 2.99. The molecule has 1 unspecified atom stereocenters. The number of carbonyl (C=O) groups is 3. The summed E-state index contributed by atoms with van der Waals surface area (Å²) in [6.07, 6.45) is 3.07. The van der Waals surface area contributed by atoms with Gasteiger partial charge in [-0.25, -0.2) is 8.42 Å². The number of benzene rings is 2. The second-order valence-corrected chi connectivity index (χ2v) is 13.0. The van der Waals surface area contributed by atoms with E-state index in [1.165, 1.54) is 13.2 Å². The van der Waals surface area contributed by atoms with Gasteiger partial charge in [0.25, 0.3) is 0 Å². The third-order valence-corrected chi connectivity index (χ3v) is 7.32. The number of amides is 3. The first-order valence-corrected chi connectivity index (χ1v) is 16.4. The summed E-state index contributed by atoms with van der Waals surface area (Å²) in [7, 11) is -2.12. The van der Waals surface area contributed by atoms with Crippen molar-refractivity contribution in [3.63, 3.8) is 0 Å². The van der Waals surface area contributed by atoms with Crippen LogP contribution in [0.15, 0.2) is 71.2 Å². The van der Waals surface area contributed by atoms with Crippen LogP contribution in [0.2, 0.25) is 0 Å². The molecule has 0 fully saturated rings. The molecule has 2 aromatic rings. The van der Waals surface area contributed by atoms with Crippen molar-refractivity contribution in [1.82, 2.24) is 16.0 Å². The van der Waals surface area contributed by atoms with E-state index < -0.39 is 51.7 Å². The second-order valence-electron chi connectivity index (χ2n) is 11.1. The van der Waals surface area contributed by atoms with E-state index in [1.807, 2.05) is 44.2 Å². The van der Waals surface area contributed by atoms with Gasteiger partial charge in [0.05, 0.1) is 12.6 Å². The van der Waals surface area contributed by atoms with Crippen molar-refractivity contribution in [2.24, 2.45) is 16.8 Å². The van der Waals surface area contributed by atoms with Gasteiger partial charge >= 0.3 is 0 Å². The van der Waals surface area contributed by atoms with Gasteiger partial charge in [0, 0.05) is 30.2 Å². The number of rotatable bonds is 18. The number of sulfone groups is 1. The highest BCUT2D eigenvalue weighted by Gasteiger charge is 2.30. The molecule has 0 radical (unpaired) electrons. The fraction of sp³-hybridized carbons (Fsp3) is 0.452. The molecule has 3 amide bonds. The molecule has 45 heavy (non-hydrogen) atoms. The summed E-state index contributed by atoms with van der Waals surface area (Å²) in [5, 5.41) is 12.8. The first-order valence-electron chi connectivity index (χ1n) is 14.5. The van der Waals surface area contributed by atoms with E-state index in [4.69, 9.17) is 16.0 Å². The number of nitrogens with one attached hydrogen (secondary N) is 3. The molecule has 0 heterocycles. The Labute approximate surface area is 264 Å². The molecule has 13 nitrogen and oxygen atoms in total. The van der Waals surface area contributed by atoms with Crippen molar-refractivity contribution in [2.75, 3.05) is 20.0 Å². The zero-order valence-corrected chi connectivity index (χ0v) is 26.9. The lowest BCUT2D eigenvalue weighted by Crippen LogP contribution is -2.57. The Bertz CT molecular complexity index is 1440. The largest absolute Gasteiger partial charge is 0.382 e. The molecular formula is C31H43N7O6S. The summed E-state index contributed by atoms with van der Waals surface area (Å²) in [4.78, 5) is 42.9. The van der Waals surface area contributed by atoms with E-state index >= 15 is 0 Å². The highest BCUT2D eigenvalue weighted by atomic mass is 32.2. The van der Waals surface area contributed by atoms with Gasteiger partial charge in [-0.2, -0.15) is 0 Å². The Hall–Kier alpha value is -4.23. The molecule has 244 valence electrons. The van der Waals surface area contributed by atoms with E-state index in [1.54, 1.807) is 24.3 Å². The Morgan fingerprint density at radius 3 is 2.04 bits per heavy atom. The molecule has 2 aromatic carbocycles.